The number of hydrogen-bond donors (Lipinski definition) is 1. The van der Waals surface area contributed by atoms with Crippen molar-refractivity contribution in [2.75, 3.05) is 18.0 Å². The van der Waals surface area contributed by atoms with Gasteiger partial charge in [0.25, 0.3) is 0 Å². The fraction of sp³-hybridized carbons (Fsp3) is 0.421. The summed E-state index contributed by atoms with van der Waals surface area (Å²) in [4.78, 5) is 14.1. The Bertz CT molecular complexity index is 682. The fourth-order valence-electron chi connectivity index (χ4n) is 5.00. The number of fused-ring (bicyclic) bond motifs is 4. The monoisotopic (exact) mass is 293 g/mol. The highest BCUT2D eigenvalue weighted by Gasteiger charge is 2.42. The van der Waals surface area contributed by atoms with E-state index in [-0.39, 0.29) is 0 Å². The third-order valence-corrected chi connectivity index (χ3v) is 5.94. The van der Waals surface area contributed by atoms with E-state index in [0.717, 1.165) is 25.9 Å². The van der Waals surface area contributed by atoms with Crippen LogP contribution in [0.3, 0.4) is 0 Å². The number of allylic oxidation sites excluding steroid dienone is 4. The predicted octanol–water partition coefficient (Wildman–Crippen LogP) is 3.54. The Labute approximate surface area is 129 Å². The molecule has 5 rings (SSSR count). The lowest BCUT2D eigenvalue weighted by atomic mass is 9.74. The third kappa shape index (κ3) is 1.54. The number of rotatable bonds is 1. The molecule has 112 valence electrons. The largest absolute Gasteiger partial charge is 0.478 e. The van der Waals surface area contributed by atoms with Crippen molar-refractivity contribution in [3.8, 4) is 0 Å². The first kappa shape index (κ1) is 12.5. The highest BCUT2D eigenvalue weighted by molar-refractivity contribution is 5.90. The molecule has 0 saturated heterocycles. The lowest BCUT2D eigenvalue weighted by Gasteiger charge is -2.46. The van der Waals surface area contributed by atoms with Crippen LogP contribution in [0.4, 0.5) is 5.69 Å². The van der Waals surface area contributed by atoms with E-state index in [2.05, 4.69) is 29.2 Å². The molecule has 4 aliphatic rings. The van der Waals surface area contributed by atoms with Crippen molar-refractivity contribution in [2.45, 2.75) is 24.7 Å². The number of carboxylic acids is 1. The van der Waals surface area contributed by atoms with Gasteiger partial charge >= 0.3 is 5.97 Å². The first-order valence-electron chi connectivity index (χ1n) is 8.22. The molecule has 2 aliphatic heterocycles. The number of benzene rings is 1. The van der Waals surface area contributed by atoms with Crippen LogP contribution in [0.1, 0.15) is 46.2 Å². The van der Waals surface area contributed by atoms with Gasteiger partial charge in [0, 0.05) is 30.6 Å². The molecule has 1 aromatic carbocycles. The van der Waals surface area contributed by atoms with Crippen LogP contribution in [-0.2, 0) is 0 Å². The second-order valence-corrected chi connectivity index (χ2v) is 7.11. The quantitative estimate of drug-likeness (QED) is 0.805. The summed E-state index contributed by atoms with van der Waals surface area (Å²) >= 11 is 0. The highest BCUT2D eigenvalue weighted by Crippen LogP contribution is 2.53. The standard InChI is InChI=1S/C19H19NO2/c21-19(22)13-7-16-14-5-1-3-11(14)9-20-10-12-4-2-6-15(12)17(8-13)18(16)20/h1-2,5-8,11-12,14-15H,3-4,9-10H2,(H,21,22)/t11-,12+,14-,15+. The molecule has 0 bridgehead atoms. The van der Waals surface area contributed by atoms with Crippen molar-refractivity contribution in [3.05, 3.63) is 53.1 Å². The molecule has 2 aliphatic carbocycles. The van der Waals surface area contributed by atoms with Crippen LogP contribution in [0.25, 0.3) is 0 Å². The molecular weight excluding hydrogens is 274 g/mol. The SMILES string of the molecule is O=C(O)c1cc2c3c(c1)[C@@H]1C=CC[C@@H]1CN3C[C@@H]1CC=C[C@H]21. The van der Waals surface area contributed by atoms with E-state index in [9.17, 15) is 9.90 Å². The van der Waals surface area contributed by atoms with E-state index in [4.69, 9.17) is 0 Å². The third-order valence-electron chi connectivity index (χ3n) is 5.94. The van der Waals surface area contributed by atoms with Crippen molar-refractivity contribution in [1.82, 2.24) is 0 Å². The highest BCUT2D eigenvalue weighted by atomic mass is 16.4. The van der Waals surface area contributed by atoms with Gasteiger partial charge in [-0.15, -0.1) is 0 Å². The molecule has 3 nitrogen and oxygen atoms in total. The molecule has 0 amide bonds. The minimum Gasteiger partial charge on any atom is -0.478 e. The summed E-state index contributed by atoms with van der Waals surface area (Å²) < 4.78 is 0. The number of anilines is 1. The van der Waals surface area contributed by atoms with Crippen LogP contribution in [0.15, 0.2) is 36.4 Å². The Kier molecular flexibility index (Phi) is 2.42. The molecule has 3 heteroatoms. The second-order valence-electron chi connectivity index (χ2n) is 7.11. The molecule has 4 atom stereocenters. The maximum atomic E-state index is 11.6. The molecule has 0 spiro atoms. The summed E-state index contributed by atoms with van der Waals surface area (Å²) in [5.41, 5.74) is 4.29. The van der Waals surface area contributed by atoms with E-state index in [1.165, 1.54) is 16.8 Å². The molecule has 22 heavy (non-hydrogen) atoms. The van der Waals surface area contributed by atoms with Gasteiger partial charge in [-0.2, -0.15) is 0 Å². The summed E-state index contributed by atoms with van der Waals surface area (Å²) in [6.07, 6.45) is 11.4. The number of carboxylic acid groups (broad SMARTS) is 1. The molecule has 0 radical (unpaired) electrons. The van der Waals surface area contributed by atoms with Crippen LogP contribution in [-0.4, -0.2) is 24.2 Å². The number of carbonyl (C=O) groups is 1. The first-order valence-corrected chi connectivity index (χ1v) is 8.22. The van der Waals surface area contributed by atoms with E-state index in [0.29, 0.717) is 29.2 Å². The normalized spacial score (nSPS) is 33.5. The van der Waals surface area contributed by atoms with Crippen LogP contribution >= 0.6 is 0 Å². The van der Waals surface area contributed by atoms with Crippen LogP contribution in [0, 0.1) is 11.8 Å². The van der Waals surface area contributed by atoms with Crippen LogP contribution in [0.2, 0.25) is 0 Å². The van der Waals surface area contributed by atoms with Gasteiger partial charge in [-0.1, -0.05) is 24.3 Å². The van der Waals surface area contributed by atoms with Crippen molar-refractivity contribution in [2.24, 2.45) is 11.8 Å². The molecule has 1 N–H and O–H groups in total. The van der Waals surface area contributed by atoms with Gasteiger partial charge in [-0.25, -0.2) is 4.79 Å². The van der Waals surface area contributed by atoms with Crippen molar-refractivity contribution in [3.63, 3.8) is 0 Å². The average molecular weight is 293 g/mol. The Balaban J connectivity index is 1.77. The number of nitrogens with zero attached hydrogens (tertiary/aromatic N) is 1. The van der Waals surface area contributed by atoms with Crippen molar-refractivity contribution in [1.29, 1.82) is 0 Å². The molecule has 0 saturated carbocycles. The summed E-state index contributed by atoms with van der Waals surface area (Å²) in [7, 11) is 0. The molecule has 1 aromatic rings. The molecular formula is C19H19NO2. The molecule has 2 heterocycles. The van der Waals surface area contributed by atoms with E-state index < -0.39 is 5.97 Å². The predicted molar refractivity (Wildman–Crippen MR) is 85.6 cm³/mol. The van der Waals surface area contributed by atoms with Gasteiger partial charge in [-0.05, 0) is 47.9 Å². The van der Waals surface area contributed by atoms with E-state index in [1.807, 2.05) is 12.1 Å². The van der Waals surface area contributed by atoms with Gasteiger partial charge in [0.15, 0.2) is 0 Å². The minimum absolute atomic E-state index is 0.409. The average Bonchev–Trinajstić information content (AvgIpc) is 3.15. The van der Waals surface area contributed by atoms with Gasteiger partial charge in [0.05, 0.1) is 5.56 Å². The van der Waals surface area contributed by atoms with Crippen LogP contribution in [0.5, 0.6) is 0 Å². The lowest BCUT2D eigenvalue weighted by molar-refractivity contribution is 0.0696. The molecule has 0 aromatic heterocycles. The maximum absolute atomic E-state index is 11.6. The maximum Gasteiger partial charge on any atom is 0.335 e. The summed E-state index contributed by atoms with van der Waals surface area (Å²) in [5, 5.41) is 9.52. The topological polar surface area (TPSA) is 40.5 Å². The Morgan fingerprint density at radius 1 is 1.00 bits per heavy atom. The Morgan fingerprint density at radius 3 is 2.05 bits per heavy atom. The first-order chi connectivity index (χ1) is 10.7. The lowest BCUT2D eigenvalue weighted by Crippen LogP contribution is -2.43. The zero-order valence-corrected chi connectivity index (χ0v) is 12.4. The second kappa shape index (κ2) is 4.25. The smallest absolute Gasteiger partial charge is 0.335 e. The Morgan fingerprint density at radius 2 is 1.55 bits per heavy atom. The van der Waals surface area contributed by atoms with Gasteiger partial charge < -0.3 is 10.0 Å². The molecule has 0 unspecified atom stereocenters. The van der Waals surface area contributed by atoms with E-state index in [1.54, 1.807) is 0 Å². The number of hydrogen-bond acceptors (Lipinski definition) is 2. The van der Waals surface area contributed by atoms with Crippen molar-refractivity contribution < 1.29 is 9.90 Å². The summed E-state index contributed by atoms with van der Waals surface area (Å²) in [6, 6.07) is 3.86. The van der Waals surface area contributed by atoms with E-state index >= 15 is 0 Å². The van der Waals surface area contributed by atoms with Crippen LogP contribution < -0.4 is 4.90 Å². The number of aromatic carboxylic acids is 1. The summed E-state index contributed by atoms with van der Waals surface area (Å²) in [6.45, 7) is 2.24. The van der Waals surface area contributed by atoms with Gasteiger partial charge in [0.1, 0.15) is 0 Å². The Hall–Kier alpha value is -2.03. The fourth-order valence-corrected chi connectivity index (χ4v) is 5.00. The van der Waals surface area contributed by atoms with Gasteiger partial charge in [-0.3, -0.25) is 0 Å². The minimum atomic E-state index is -0.807. The van der Waals surface area contributed by atoms with Crippen molar-refractivity contribution >= 4 is 11.7 Å². The van der Waals surface area contributed by atoms with Gasteiger partial charge in [0.2, 0.25) is 0 Å². The summed E-state index contributed by atoms with van der Waals surface area (Å²) in [5.74, 6) is 1.25. The molecule has 0 fully saturated rings. The zero-order chi connectivity index (χ0) is 14.8. The zero-order valence-electron chi connectivity index (χ0n) is 12.4.